The third kappa shape index (κ3) is 4.68. The molecule has 1 amide bonds. The highest BCUT2D eigenvalue weighted by Gasteiger charge is 2.16. The Balaban J connectivity index is 2.12. The lowest BCUT2D eigenvalue weighted by atomic mass is 9.92. The summed E-state index contributed by atoms with van der Waals surface area (Å²) in [6.07, 6.45) is 0. The van der Waals surface area contributed by atoms with E-state index >= 15 is 0 Å². The van der Waals surface area contributed by atoms with E-state index in [0.717, 1.165) is 16.8 Å². The molecule has 0 fully saturated rings. The van der Waals surface area contributed by atoms with E-state index in [2.05, 4.69) is 61.4 Å². The summed E-state index contributed by atoms with van der Waals surface area (Å²) in [6, 6.07) is 6.20. The molecular formula is C16H22N4OS2. The molecule has 7 heteroatoms. The summed E-state index contributed by atoms with van der Waals surface area (Å²) in [5, 5.41) is 11.2. The van der Waals surface area contributed by atoms with Crippen LogP contribution in [0.5, 0.6) is 0 Å². The standard InChI is InChI=1S/C16H22N4OS2/c1-9(2)11-6-5-7-12(10(3)4)14(11)18-13(21)8-22-16-20-19-15(17)23-16/h5-7,9-10H,8H2,1-4H3,(H2,17,19)(H,18,21). The topological polar surface area (TPSA) is 80.9 Å². The number of hydrogen-bond acceptors (Lipinski definition) is 6. The van der Waals surface area contributed by atoms with Crippen LogP contribution in [0.4, 0.5) is 10.8 Å². The van der Waals surface area contributed by atoms with Gasteiger partial charge in [-0.25, -0.2) is 0 Å². The number of benzene rings is 1. The number of anilines is 2. The Morgan fingerprint density at radius 1 is 1.22 bits per heavy atom. The molecule has 0 saturated heterocycles. The van der Waals surface area contributed by atoms with Gasteiger partial charge in [0.25, 0.3) is 0 Å². The van der Waals surface area contributed by atoms with Crippen molar-refractivity contribution in [2.75, 3.05) is 16.8 Å². The molecule has 5 nitrogen and oxygen atoms in total. The molecule has 3 N–H and O–H groups in total. The number of carbonyl (C=O) groups excluding carboxylic acids is 1. The zero-order chi connectivity index (χ0) is 17.0. The summed E-state index contributed by atoms with van der Waals surface area (Å²) < 4.78 is 0.707. The van der Waals surface area contributed by atoms with E-state index in [9.17, 15) is 4.79 Å². The number of nitrogens with one attached hydrogen (secondary N) is 1. The molecule has 1 heterocycles. The smallest absolute Gasteiger partial charge is 0.234 e. The predicted octanol–water partition coefficient (Wildman–Crippen LogP) is 4.10. The van der Waals surface area contributed by atoms with E-state index in [-0.39, 0.29) is 5.91 Å². The lowest BCUT2D eigenvalue weighted by Gasteiger charge is -2.20. The van der Waals surface area contributed by atoms with Gasteiger partial charge in [-0.15, -0.1) is 10.2 Å². The molecule has 1 aromatic heterocycles. The van der Waals surface area contributed by atoms with Gasteiger partial charge in [0.15, 0.2) is 4.34 Å². The number of amides is 1. The third-order valence-corrected chi connectivity index (χ3v) is 5.27. The first-order valence-electron chi connectivity index (χ1n) is 7.53. The Bertz CT molecular complexity index is 656. The first kappa shape index (κ1) is 17.7. The van der Waals surface area contributed by atoms with Crippen molar-refractivity contribution >= 4 is 39.8 Å². The lowest BCUT2D eigenvalue weighted by molar-refractivity contribution is -0.113. The zero-order valence-electron chi connectivity index (χ0n) is 13.8. The minimum absolute atomic E-state index is 0.0428. The molecule has 23 heavy (non-hydrogen) atoms. The maximum Gasteiger partial charge on any atom is 0.234 e. The van der Waals surface area contributed by atoms with Crippen LogP contribution in [-0.4, -0.2) is 21.9 Å². The second-order valence-corrected chi connectivity index (χ2v) is 8.10. The highest BCUT2D eigenvalue weighted by atomic mass is 32.2. The average Bonchev–Trinajstić information content (AvgIpc) is 2.90. The number of para-hydroxylation sites is 1. The fraction of sp³-hybridized carbons (Fsp3) is 0.438. The van der Waals surface area contributed by atoms with Gasteiger partial charge in [-0.3, -0.25) is 4.79 Å². The zero-order valence-corrected chi connectivity index (χ0v) is 15.4. The Kier molecular flexibility index (Phi) is 6.01. The molecular weight excluding hydrogens is 328 g/mol. The number of hydrogen-bond donors (Lipinski definition) is 2. The quantitative estimate of drug-likeness (QED) is 0.767. The molecule has 0 bridgehead atoms. The Labute approximate surface area is 145 Å². The first-order chi connectivity index (χ1) is 10.9. The van der Waals surface area contributed by atoms with Gasteiger partial charge in [-0.05, 0) is 23.0 Å². The Morgan fingerprint density at radius 2 is 1.83 bits per heavy atom. The van der Waals surface area contributed by atoms with Crippen LogP contribution < -0.4 is 11.1 Å². The van der Waals surface area contributed by atoms with Crippen molar-refractivity contribution in [2.24, 2.45) is 0 Å². The molecule has 0 aliphatic rings. The van der Waals surface area contributed by atoms with E-state index in [1.165, 1.54) is 23.1 Å². The summed E-state index contributed by atoms with van der Waals surface area (Å²) >= 11 is 2.64. The van der Waals surface area contributed by atoms with Gasteiger partial charge in [-0.2, -0.15) is 0 Å². The monoisotopic (exact) mass is 350 g/mol. The molecule has 2 aromatic rings. The Morgan fingerprint density at radius 3 is 2.30 bits per heavy atom. The fourth-order valence-corrected chi connectivity index (χ4v) is 3.71. The van der Waals surface area contributed by atoms with E-state index in [1.54, 1.807) is 0 Å². The van der Waals surface area contributed by atoms with Crippen LogP contribution >= 0.6 is 23.1 Å². The molecule has 0 saturated carbocycles. The van der Waals surface area contributed by atoms with Gasteiger partial charge in [0.2, 0.25) is 11.0 Å². The second-order valence-electron chi connectivity index (χ2n) is 5.86. The minimum atomic E-state index is -0.0428. The van der Waals surface area contributed by atoms with Crippen molar-refractivity contribution < 1.29 is 4.79 Å². The molecule has 0 spiro atoms. The predicted molar refractivity (Wildman–Crippen MR) is 98.3 cm³/mol. The van der Waals surface area contributed by atoms with Crippen LogP contribution in [-0.2, 0) is 4.79 Å². The van der Waals surface area contributed by atoms with Gasteiger partial charge in [0.1, 0.15) is 0 Å². The normalized spacial score (nSPS) is 11.2. The maximum atomic E-state index is 12.3. The SMILES string of the molecule is CC(C)c1cccc(C(C)C)c1NC(=O)CSc1nnc(N)s1. The molecule has 0 aliphatic carbocycles. The maximum absolute atomic E-state index is 12.3. The van der Waals surface area contributed by atoms with Crippen molar-refractivity contribution in [3.05, 3.63) is 29.3 Å². The van der Waals surface area contributed by atoms with Crippen molar-refractivity contribution in [3.63, 3.8) is 0 Å². The largest absolute Gasteiger partial charge is 0.374 e. The number of aromatic nitrogens is 2. The van der Waals surface area contributed by atoms with Gasteiger partial charge < -0.3 is 11.1 Å². The number of rotatable bonds is 6. The fourth-order valence-electron chi connectivity index (χ4n) is 2.28. The van der Waals surface area contributed by atoms with Crippen LogP contribution in [0.2, 0.25) is 0 Å². The van der Waals surface area contributed by atoms with Crippen LogP contribution in [0.15, 0.2) is 22.5 Å². The molecule has 124 valence electrons. The summed E-state index contributed by atoms with van der Waals surface area (Å²) in [7, 11) is 0. The molecule has 2 rings (SSSR count). The number of nitrogens with zero attached hydrogens (tertiary/aromatic N) is 2. The van der Waals surface area contributed by atoms with Crippen molar-refractivity contribution in [1.82, 2.24) is 10.2 Å². The summed E-state index contributed by atoms with van der Waals surface area (Å²) in [5.41, 5.74) is 8.81. The molecule has 0 radical (unpaired) electrons. The van der Waals surface area contributed by atoms with E-state index in [0.29, 0.717) is 27.1 Å². The molecule has 1 aromatic carbocycles. The van der Waals surface area contributed by atoms with E-state index in [1.807, 2.05) is 0 Å². The van der Waals surface area contributed by atoms with Crippen LogP contribution in [0.25, 0.3) is 0 Å². The average molecular weight is 351 g/mol. The summed E-state index contributed by atoms with van der Waals surface area (Å²) in [4.78, 5) is 12.3. The minimum Gasteiger partial charge on any atom is -0.374 e. The Hall–Kier alpha value is -1.60. The number of thioether (sulfide) groups is 1. The molecule has 0 aliphatic heterocycles. The number of carbonyl (C=O) groups is 1. The highest BCUT2D eigenvalue weighted by molar-refractivity contribution is 8.01. The molecule has 0 unspecified atom stereocenters. The molecule has 0 atom stereocenters. The lowest BCUT2D eigenvalue weighted by Crippen LogP contribution is -2.17. The van der Waals surface area contributed by atoms with Gasteiger partial charge in [-0.1, -0.05) is 69.0 Å². The van der Waals surface area contributed by atoms with Gasteiger partial charge in [0, 0.05) is 5.69 Å². The van der Waals surface area contributed by atoms with Crippen molar-refractivity contribution in [3.8, 4) is 0 Å². The van der Waals surface area contributed by atoms with Gasteiger partial charge in [0.05, 0.1) is 5.75 Å². The van der Waals surface area contributed by atoms with Crippen molar-refractivity contribution in [1.29, 1.82) is 0 Å². The third-order valence-electron chi connectivity index (χ3n) is 3.39. The number of nitrogens with two attached hydrogens (primary N) is 1. The highest BCUT2D eigenvalue weighted by Crippen LogP contribution is 2.32. The van der Waals surface area contributed by atoms with Crippen LogP contribution in [0.1, 0.15) is 50.7 Å². The second kappa shape index (κ2) is 7.79. The van der Waals surface area contributed by atoms with Crippen LogP contribution in [0.3, 0.4) is 0 Å². The van der Waals surface area contributed by atoms with Crippen molar-refractivity contribution in [2.45, 2.75) is 43.9 Å². The van der Waals surface area contributed by atoms with Crippen LogP contribution in [0, 0.1) is 0 Å². The van der Waals surface area contributed by atoms with E-state index in [4.69, 9.17) is 5.73 Å². The summed E-state index contributed by atoms with van der Waals surface area (Å²) in [5.74, 6) is 0.941. The number of nitrogen functional groups attached to an aromatic ring is 1. The summed E-state index contributed by atoms with van der Waals surface area (Å²) in [6.45, 7) is 8.53. The first-order valence-corrected chi connectivity index (χ1v) is 9.33. The van der Waals surface area contributed by atoms with Gasteiger partial charge >= 0.3 is 0 Å². The van der Waals surface area contributed by atoms with E-state index < -0.39 is 0 Å².